The molecule has 18 heavy (non-hydrogen) atoms. The number of carboxylic acids is 1. The number of hydrogen-bond donors (Lipinski definition) is 2. The average molecular weight is 248 g/mol. The van der Waals surface area contributed by atoms with Gasteiger partial charge in [0.2, 0.25) is 0 Å². The molecule has 4 nitrogen and oxygen atoms in total. The molecule has 0 aromatic heterocycles. The van der Waals surface area contributed by atoms with Crippen molar-refractivity contribution in [1.82, 2.24) is 4.90 Å². The Hall–Kier alpha value is -1.39. The Morgan fingerprint density at radius 3 is 2.72 bits per heavy atom. The van der Waals surface area contributed by atoms with Gasteiger partial charge in [-0.25, -0.2) is 0 Å². The number of benzene rings is 1. The van der Waals surface area contributed by atoms with E-state index in [1.165, 1.54) is 5.56 Å². The second kappa shape index (κ2) is 5.50. The summed E-state index contributed by atoms with van der Waals surface area (Å²) in [5, 5.41) is 8.94. The first kappa shape index (κ1) is 13.1. The molecule has 1 aromatic rings. The number of nitrogens with two attached hydrogens (primary N) is 1. The van der Waals surface area contributed by atoms with Crippen molar-refractivity contribution in [2.75, 3.05) is 20.1 Å². The number of carboxylic acid groups (broad SMARTS) is 1. The molecular formula is C14H20N2O2. The van der Waals surface area contributed by atoms with Gasteiger partial charge in [-0.3, -0.25) is 4.79 Å². The lowest BCUT2D eigenvalue weighted by Gasteiger charge is -2.29. The maximum Gasteiger partial charge on any atom is 0.325 e. The Labute approximate surface area is 107 Å². The van der Waals surface area contributed by atoms with Gasteiger partial charge < -0.3 is 15.7 Å². The zero-order valence-electron chi connectivity index (χ0n) is 10.7. The number of rotatable bonds is 3. The predicted octanol–water partition coefficient (Wildman–Crippen LogP) is 1.58. The van der Waals surface area contributed by atoms with Crippen molar-refractivity contribution in [2.24, 2.45) is 5.73 Å². The van der Waals surface area contributed by atoms with Crippen molar-refractivity contribution >= 4 is 5.97 Å². The van der Waals surface area contributed by atoms with Gasteiger partial charge in [-0.05, 0) is 50.0 Å². The third-order valence-electron chi connectivity index (χ3n) is 3.73. The minimum absolute atomic E-state index is 0.530. The van der Waals surface area contributed by atoms with E-state index in [0.29, 0.717) is 11.5 Å². The molecular weight excluding hydrogens is 228 g/mol. The van der Waals surface area contributed by atoms with Gasteiger partial charge in [-0.1, -0.05) is 24.3 Å². The standard InChI is InChI=1S/C14H20N2O2/c1-16-7-5-10(6-8-16)11-3-2-4-12(9-11)13(15)14(17)18/h2-4,9-10,13H,5-8,15H2,1H3,(H,17,18). The molecule has 1 unspecified atom stereocenters. The van der Waals surface area contributed by atoms with Gasteiger partial charge in [-0.2, -0.15) is 0 Å². The highest BCUT2D eigenvalue weighted by Crippen LogP contribution is 2.28. The van der Waals surface area contributed by atoms with Gasteiger partial charge in [-0.15, -0.1) is 0 Å². The molecule has 1 heterocycles. The summed E-state index contributed by atoms with van der Waals surface area (Å²) in [6.45, 7) is 2.19. The van der Waals surface area contributed by atoms with E-state index in [9.17, 15) is 4.79 Å². The molecule has 0 saturated carbocycles. The van der Waals surface area contributed by atoms with Gasteiger partial charge in [0.05, 0.1) is 0 Å². The summed E-state index contributed by atoms with van der Waals surface area (Å²) >= 11 is 0. The number of piperidine rings is 1. The monoisotopic (exact) mass is 248 g/mol. The number of aliphatic carboxylic acids is 1. The van der Waals surface area contributed by atoms with Crippen LogP contribution in [-0.4, -0.2) is 36.1 Å². The third-order valence-corrected chi connectivity index (χ3v) is 3.73. The fourth-order valence-electron chi connectivity index (χ4n) is 2.49. The minimum Gasteiger partial charge on any atom is -0.480 e. The lowest BCUT2D eigenvalue weighted by molar-refractivity contribution is -0.138. The minimum atomic E-state index is -0.976. The van der Waals surface area contributed by atoms with Crippen LogP contribution < -0.4 is 5.73 Å². The Bertz CT molecular complexity index is 426. The van der Waals surface area contributed by atoms with Crippen LogP contribution in [0.4, 0.5) is 0 Å². The zero-order valence-corrected chi connectivity index (χ0v) is 10.7. The molecule has 2 rings (SSSR count). The fraction of sp³-hybridized carbons (Fsp3) is 0.500. The average Bonchev–Trinajstić information content (AvgIpc) is 2.38. The van der Waals surface area contributed by atoms with Gasteiger partial charge in [0.1, 0.15) is 6.04 Å². The summed E-state index contributed by atoms with van der Waals surface area (Å²) in [6, 6.07) is 6.81. The lowest BCUT2D eigenvalue weighted by Crippen LogP contribution is -2.29. The van der Waals surface area contributed by atoms with Crippen molar-refractivity contribution in [3.63, 3.8) is 0 Å². The molecule has 1 atom stereocenters. The van der Waals surface area contributed by atoms with E-state index in [-0.39, 0.29) is 0 Å². The molecule has 3 N–H and O–H groups in total. The van der Waals surface area contributed by atoms with Crippen molar-refractivity contribution in [1.29, 1.82) is 0 Å². The van der Waals surface area contributed by atoms with Crippen molar-refractivity contribution in [2.45, 2.75) is 24.8 Å². The summed E-state index contributed by atoms with van der Waals surface area (Å²) in [6.07, 6.45) is 2.25. The van der Waals surface area contributed by atoms with Crippen LogP contribution in [0.1, 0.15) is 35.9 Å². The Balaban J connectivity index is 2.14. The largest absolute Gasteiger partial charge is 0.480 e. The van der Waals surface area contributed by atoms with Crippen LogP contribution in [0.2, 0.25) is 0 Å². The number of likely N-dealkylation sites (tertiary alicyclic amines) is 1. The molecule has 1 fully saturated rings. The van der Waals surface area contributed by atoms with Gasteiger partial charge in [0.15, 0.2) is 0 Å². The Morgan fingerprint density at radius 1 is 1.44 bits per heavy atom. The van der Waals surface area contributed by atoms with E-state index in [4.69, 9.17) is 10.8 Å². The Morgan fingerprint density at radius 2 is 2.11 bits per heavy atom. The van der Waals surface area contributed by atoms with Crippen LogP contribution in [0.15, 0.2) is 24.3 Å². The van der Waals surface area contributed by atoms with Crippen LogP contribution in [-0.2, 0) is 4.79 Å². The first-order valence-electron chi connectivity index (χ1n) is 6.34. The van der Waals surface area contributed by atoms with Crippen LogP contribution in [0.5, 0.6) is 0 Å². The van der Waals surface area contributed by atoms with E-state index in [2.05, 4.69) is 18.0 Å². The van der Waals surface area contributed by atoms with E-state index in [1.807, 2.05) is 12.1 Å². The SMILES string of the molecule is CN1CCC(c2cccc(C(N)C(=O)O)c2)CC1. The van der Waals surface area contributed by atoms with E-state index in [1.54, 1.807) is 6.07 Å². The van der Waals surface area contributed by atoms with Gasteiger partial charge in [0.25, 0.3) is 0 Å². The van der Waals surface area contributed by atoms with Crippen molar-refractivity contribution < 1.29 is 9.90 Å². The summed E-state index contributed by atoms with van der Waals surface area (Å²) in [5.41, 5.74) is 7.56. The smallest absolute Gasteiger partial charge is 0.325 e. The van der Waals surface area contributed by atoms with Crippen LogP contribution in [0.3, 0.4) is 0 Å². The third kappa shape index (κ3) is 2.89. The molecule has 4 heteroatoms. The highest BCUT2D eigenvalue weighted by molar-refractivity contribution is 5.75. The molecule has 1 aliphatic rings. The summed E-state index contributed by atoms with van der Waals surface area (Å²) < 4.78 is 0. The molecule has 98 valence electrons. The summed E-state index contributed by atoms with van der Waals surface area (Å²) in [7, 11) is 2.13. The van der Waals surface area contributed by atoms with Crippen molar-refractivity contribution in [3.8, 4) is 0 Å². The number of nitrogens with zero attached hydrogens (tertiary/aromatic N) is 1. The second-order valence-electron chi connectivity index (χ2n) is 5.06. The molecule has 0 bridgehead atoms. The first-order valence-corrected chi connectivity index (χ1v) is 6.34. The van der Waals surface area contributed by atoms with Gasteiger partial charge >= 0.3 is 5.97 Å². The van der Waals surface area contributed by atoms with E-state index >= 15 is 0 Å². The van der Waals surface area contributed by atoms with E-state index in [0.717, 1.165) is 25.9 Å². The van der Waals surface area contributed by atoms with E-state index < -0.39 is 12.0 Å². The lowest BCUT2D eigenvalue weighted by atomic mass is 9.88. The molecule has 1 aliphatic heterocycles. The van der Waals surface area contributed by atoms with Crippen LogP contribution in [0.25, 0.3) is 0 Å². The van der Waals surface area contributed by atoms with Crippen molar-refractivity contribution in [3.05, 3.63) is 35.4 Å². The normalized spacial score (nSPS) is 19.7. The highest BCUT2D eigenvalue weighted by atomic mass is 16.4. The predicted molar refractivity (Wildman–Crippen MR) is 70.5 cm³/mol. The zero-order chi connectivity index (χ0) is 13.1. The summed E-state index contributed by atoms with van der Waals surface area (Å²) in [4.78, 5) is 13.2. The second-order valence-corrected chi connectivity index (χ2v) is 5.06. The maximum absolute atomic E-state index is 10.9. The molecule has 1 aromatic carbocycles. The highest BCUT2D eigenvalue weighted by Gasteiger charge is 2.20. The molecule has 0 spiro atoms. The first-order chi connectivity index (χ1) is 8.58. The summed E-state index contributed by atoms with van der Waals surface area (Å²) in [5.74, 6) is -0.447. The Kier molecular flexibility index (Phi) is 3.99. The maximum atomic E-state index is 10.9. The quantitative estimate of drug-likeness (QED) is 0.852. The fourth-order valence-corrected chi connectivity index (χ4v) is 2.49. The number of hydrogen-bond acceptors (Lipinski definition) is 3. The molecule has 0 amide bonds. The molecule has 0 radical (unpaired) electrons. The van der Waals surface area contributed by atoms with Gasteiger partial charge in [0, 0.05) is 0 Å². The van der Waals surface area contributed by atoms with Crippen LogP contribution in [0, 0.1) is 0 Å². The topological polar surface area (TPSA) is 66.6 Å². The number of carbonyl (C=O) groups is 1. The molecule has 1 saturated heterocycles. The van der Waals surface area contributed by atoms with Crippen LogP contribution >= 0.6 is 0 Å². The molecule has 0 aliphatic carbocycles.